The molecule has 0 aliphatic heterocycles. The maximum absolute atomic E-state index is 13.0. The summed E-state index contributed by atoms with van der Waals surface area (Å²) in [6, 6.07) is 11.9. The molecule has 3 aromatic carbocycles. The van der Waals surface area contributed by atoms with Crippen molar-refractivity contribution >= 4 is 23.4 Å². The van der Waals surface area contributed by atoms with E-state index in [1.807, 2.05) is 5.32 Å². The van der Waals surface area contributed by atoms with Crippen molar-refractivity contribution in [1.29, 1.82) is 0 Å². The van der Waals surface area contributed by atoms with Gasteiger partial charge in [-0.25, -0.2) is 9.59 Å². The Morgan fingerprint density at radius 3 is 1.76 bits per heavy atom. The molecule has 0 aromatic heterocycles. The van der Waals surface area contributed by atoms with Crippen molar-refractivity contribution in [3.8, 4) is 11.1 Å². The molecule has 172 valence electrons. The van der Waals surface area contributed by atoms with Gasteiger partial charge in [0.2, 0.25) is 0 Å². The van der Waals surface area contributed by atoms with Crippen LogP contribution in [0, 0.1) is 0 Å². The van der Waals surface area contributed by atoms with Crippen LogP contribution in [0.5, 0.6) is 0 Å². The van der Waals surface area contributed by atoms with Crippen molar-refractivity contribution in [2.75, 3.05) is 10.6 Å². The molecule has 0 aliphatic rings. The minimum Gasteiger partial charge on any atom is -0.478 e. The van der Waals surface area contributed by atoms with E-state index in [4.69, 9.17) is 0 Å². The summed E-state index contributed by atoms with van der Waals surface area (Å²) >= 11 is 0. The summed E-state index contributed by atoms with van der Waals surface area (Å²) in [5, 5.41) is 13.6. The molecule has 3 rings (SSSR count). The number of carbonyl (C=O) groups excluding carboxylic acids is 1. The second kappa shape index (κ2) is 8.85. The van der Waals surface area contributed by atoms with E-state index in [1.54, 1.807) is 30.3 Å². The highest BCUT2D eigenvalue weighted by molar-refractivity contribution is 6.02. The number of hydrogen-bond donors (Lipinski definition) is 3. The van der Waals surface area contributed by atoms with Gasteiger partial charge in [-0.1, -0.05) is 36.4 Å². The first-order valence-corrected chi connectivity index (χ1v) is 9.15. The Bertz CT molecular complexity index is 1160. The van der Waals surface area contributed by atoms with Crippen molar-refractivity contribution in [1.82, 2.24) is 0 Å². The third kappa shape index (κ3) is 5.82. The maximum atomic E-state index is 13.0. The first kappa shape index (κ1) is 23.6. The van der Waals surface area contributed by atoms with Gasteiger partial charge in [0, 0.05) is 11.4 Å². The summed E-state index contributed by atoms with van der Waals surface area (Å²) in [5.41, 5.74) is -3.18. The van der Waals surface area contributed by atoms with Crippen LogP contribution in [-0.4, -0.2) is 17.1 Å². The number of carboxylic acids is 1. The Labute approximate surface area is 182 Å². The number of carbonyl (C=O) groups is 2. The number of amides is 2. The van der Waals surface area contributed by atoms with Gasteiger partial charge in [-0.15, -0.1) is 0 Å². The zero-order valence-corrected chi connectivity index (χ0v) is 16.4. The first-order valence-electron chi connectivity index (χ1n) is 9.15. The van der Waals surface area contributed by atoms with E-state index in [-0.39, 0.29) is 17.3 Å². The predicted octanol–water partition coefficient (Wildman–Crippen LogP) is 6.73. The number of urea groups is 1. The van der Waals surface area contributed by atoms with Gasteiger partial charge in [0.1, 0.15) is 0 Å². The van der Waals surface area contributed by atoms with Crippen LogP contribution < -0.4 is 10.6 Å². The fraction of sp³-hybridized carbons (Fsp3) is 0.0909. The molecule has 0 bridgehead atoms. The molecule has 33 heavy (non-hydrogen) atoms. The van der Waals surface area contributed by atoms with E-state index < -0.39 is 41.2 Å². The van der Waals surface area contributed by atoms with Crippen LogP contribution in [0.15, 0.2) is 66.7 Å². The highest BCUT2D eigenvalue weighted by Gasteiger charge is 2.37. The maximum Gasteiger partial charge on any atom is 0.416 e. The molecular formula is C22H14F6N2O3. The third-order valence-electron chi connectivity index (χ3n) is 4.44. The lowest BCUT2D eigenvalue weighted by Gasteiger charge is -2.15. The highest BCUT2D eigenvalue weighted by Crippen LogP contribution is 2.37. The number of benzene rings is 3. The molecule has 0 spiro atoms. The topological polar surface area (TPSA) is 78.4 Å². The zero-order valence-electron chi connectivity index (χ0n) is 16.4. The number of hydrogen-bond acceptors (Lipinski definition) is 2. The molecule has 0 saturated heterocycles. The molecule has 5 nitrogen and oxygen atoms in total. The van der Waals surface area contributed by atoms with Gasteiger partial charge in [0.05, 0.1) is 16.7 Å². The van der Waals surface area contributed by atoms with Gasteiger partial charge in [-0.3, -0.25) is 0 Å². The standard InChI is InChI=1S/C22H14F6N2O3/c23-21(24,25)13-8-14(22(26,27)28)10-16(9-13)30-20(33)29-15-6-7-17(18(11-15)19(31)32)12-4-2-1-3-5-12/h1-11H,(H,31,32)(H2,29,30,33). The smallest absolute Gasteiger partial charge is 0.416 e. The number of alkyl halides is 6. The van der Waals surface area contributed by atoms with Crippen molar-refractivity contribution in [2.45, 2.75) is 12.4 Å². The molecular weight excluding hydrogens is 454 g/mol. The van der Waals surface area contributed by atoms with E-state index in [9.17, 15) is 41.0 Å². The summed E-state index contributed by atoms with van der Waals surface area (Å²) < 4.78 is 77.8. The van der Waals surface area contributed by atoms with Crippen molar-refractivity contribution in [2.24, 2.45) is 0 Å². The van der Waals surface area contributed by atoms with Gasteiger partial charge in [-0.2, -0.15) is 26.3 Å². The Kier molecular flexibility index (Phi) is 6.34. The van der Waals surface area contributed by atoms with Crippen LogP contribution in [0.2, 0.25) is 0 Å². The molecule has 0 atom stereocenters. The van der Waals surface area contributed by atoms with Gasteiger partial charge in [0.25, 0.3) is 0 Å². The van der Waals surface area contributed by atoms with Crippen LogP contribution in [0.1, 0.15) is 21.5 Å². The van der Waals surface area contributed by atoms with Crippen LogP contribution >= 0.6 is 0 Å². The summed E-state index contributed by atoms with van der Waals surface area (Å²) in [6.45, 7) is 0. The van der Waals surface area contributed by atoms with Crippen LogP contribution in [0.25, 0.3) is 11.1 Å². The normalized spacial score (nSPS) is 11.7. The second-order valence-electron chi connectivity index (χ2n) is 6.81. The molecule has 3 N–H and O–H groups in total. The lowest BCUT2D eigenvalue weighted by atomic mass is 9.99. The van der Waals surface area contributed by atoms with E-state index in [0.29, 0.717) is 23.3 Å². The van der Waals surface area contributed by atoms with Crippen molar-refractivity contribution < 1.29 is 41.0 Å². The Balaban J connectivity index is 1.87. The quantitative estimate of drug-likeness (QED) is 0.372. The largest absolute Gasteiger partial charge is 0.478 e. The number of halogens is 6. The van der Waals surface area contributed by atoms with E-state index in [0.717, 1.165) is 6.07 Å². The second-order valence-corrected chi connectivity index (χ2v) is 6.81. The molecule has 0 radical (unpaired) electrons. The van der Waals surface area contributed by atoms with Gasteiger partial charge < -0.3 is 15.7 Å². The number of anilines is 2. The molecule has 0 aliphatic carbocycles. The molecule has 2 amide bonds. The Morgan fingerprint density at radius 2 is 1.24 bits per heavy atom. The lowest BCUT2D eigenvalue weighted by Crippen LogP contribution is -2.21. The molecule has 0 heterocycles. The van der Waals surface area contributed by atoms with Crippen molar-refractivity contribution in [3.63, 3.8) is 0 Å². The highest BCUT2D eigenvalue weighted by atomic mass is 19.4. The van der Waals surface area contributed by atoms with Crippen molar-refractivity contribution in [3.05, 3.63) is 83.4 Å². The van der Waals surface area contributed by atoms with Gasteiger partial charge >= 0.3 is 24.4 Å². The average Bonchev–Trinajstić information content (AvgIpc) is 2.72. The summed E-state index contributed by atoms with van der Waals surface area (Å²) in [5.74, 6) is -1.30. The van der Waals surface area contributed by atoms with E-state index >= 15 is 0 Å². The number of aromatic carboxylic acids is 1. The number of nitrogens with one attached hydrogen (secondary N) is 2. The number of rotatable bonds is 4. The van der Waals surface area contributed by atoms with Crippen LogP contribution in [-0.2, 0) is 12.4 Å². The predicted molar refractivity (Wildman–Crippen MR) is 108 cm³/mol. The third-order valence-corrected chi connectivity index (χ3v) is 4.44. The Morgan fingerprint density at radius 1 is 0.697 bits per heavy atom. The summed E-state index contributed by atoms with van der Waals surface area (Å²) in [7, 11) is 0. The molecule has 0 saturated carbocycles. The fourth-order valence-corrected chi connectivity index (χ4v) is 2.99. The van der Waals surface area contributed by atoms with E-state index in [1.165, 1.54) is 12.1 Å². The first-order chi connectivity index (χ1) is 15.3. The average molecular weight is 468 g/mol. The van der Waals surface area contributed by atoms with Gasteiger partial charge in [-0.05, 0) is 41.5 Å². The lowest BCUT2D eigenvalue weighted by molar-refractivity contribution is -0.143. The van der Waals surface area contributed by atoms with Gasteiger partial charge in [0.15, 0.2) is 0 Å². The summed E-state index contributed by atoms with van der Waals surface area (Å²) in [6.07, 6.45) is -10.1. The molecule has 0 unspecified atom stereocenters. The molecule has 0 fully saturated rings. The van der Waals surface area contributed by atoms with E-state index in [2.05, 4.69) is 5.32 Å². The monoisotopic (exact) mass is 468 g/mol. The minimum absolute atomic E-state index is 0.0346. The number of carboxylic acid groups (broad SMARTS) is 1. The Hall–Kier alpha value is -4.02. The fourth-order valence-electron chi connectivity index (χ4n) is 2.99. The summed E-state index contributed by atoms with van der Waals surface area (Å²) in [4.78, 5) is 23.9. The minimum atomic E-state index is -5.07. The van der Waals surface area contributed by atoms with Crippen LogP contribution in [0.4, 0.5) is 42.5 Å². The molecule has 3 aromatic rings. The molecule has 11 heteroatoms. The zero-order chi connectivity index (χ0) is 24.4. The SMILES string of the molecule is O=C(Nc1cc(C(F)(F)F)cc(C(F)(F)F)c1)Nc1ccc(-c2ccccc2)c(C(=O)O)c1. The van der Waals surface area contributed by atoms with Crippen LogP contribution in [0.3, 0.4) is 0 Å².